The van der Waals surface area contributed by atoms with Gasteiger partial charge in [-0.3, -0.25) is 4.79 Å². The summed E-state index contributed by atoms with van der Waals surface area (Å²) in [6.45, 7) is 2.97. The van der Waals surface area contributed by atoms with Crippen LogP contribution in [0.5, 0.6) is 0 Å². The number of rotatable bonds is 6. The lowest BCUT2D eigenvalue weighted by Crippen LogP contribution is -2.26. The Kier molecular flexibility index (Phi) is 5.01. The van der Waals surface area contributed by atoms with Gasteiger partial charge >= 0.3 is 0 Å². The third kappa shape index (κ3) is 4.48. The molecule has 2 heterocycles. The molecule has 0 spiro atoms. The highest BCUT2D eigenvalue weighted by Gasteiger charge is 2.15. The molecule has 17 heavy (non-hydrogen) atoms. The molecule has 4 heteroatoms. The molecular weight excluding hydrogens is 232 g/mol. The third-order valence-electron chi connectivity index (χ3n) is 3.22. The fourth-order valence-electron chi connectivity index (χ4n) is 2.16. The van der Waals surface area contributed by atoms with Gasteiger partial charge in [-0.2, -0.15) is 0 Å². The maximum atomic E-state index is 11.6. The molecule has 94 valence electrons. The van der Waals surface area contributed by atoms with Crippen LogP contribution in [0.3, 0.4) is 0 Å². The van der Waals surface area contributed by atoms with Crippen molar-refractivity contribution in [2.24, 2.45) is 5.92 Å². The first kappa shape index (κ1) is 12.6. The van der Waals surface area contributed by atoms with E-state index in [4.69, 9.17) is 0 Å². The van der Waals surface area contributed by atoms with Gasteiger partial charge in [0.15, 0.2) is 0 Å². The molecule has 1 unspecified atom stereocenters. The van der Waals surface area contributed by atoms with Gasteiger partial charge < -0.3 is 10.6 Å². The SMILES string of the molecule is O=C(CCC1CCNC1)NCCc1cccs1. The van der Waals surface area contributed by atoms with Crippen molar-refractivity contribution < 1.29 is 4.79 Å². The standard InChI is InChI=1S/C13H20N2OS/c16-13(4-3-11-5-7-14-10-11)15-8-6-12-2-1-9-17-12/h1-2,9,11,14H,3-8,10H2,(H,15,16). The van der Waals surface area contributed by atoms with E-state index in [1.807, 2.05) is 0 Å². The predicted octanol–water partition coefficient (Wildman–Crippen LogP) is 1.80. The normalized spacial score (nSPS) is 19.4. The summed E-state index contributed by atoms with van der Waals surface area (Å²) >= 11 is 1.75. The molecule has 0 bridgehead atoms. The minimum absolute atomic E-state index is 0.202. The van der Waals surface area contributed by atoms with Crippen LogP contribution in [0.25, 0.3) is 0 Å². The Morgan fingerprint density at radius 1 is 1.59 bits per heavy atom. The first-order valence-electron chi connectivity index (χ1n) is 6.34. The summed E-state index contributed by atoms with van der Waals surface area (Å²) in [6.07, 6.45) is 3.88. The van der Waals surface area contributed by atoms with Gasteiger partial charge in [-0.25, -0.2) is 0 Å². The van der Waals surface area contributed by atoms with Gasteiger partial charge in [0.05, 0.1) is 0 Å². The highest BCUT2D eigenvalue weighted by molar-refractivity contribution is 7.09. The molecule has 1 aromatic rings. The van der Waals surface area contributed by atoms with Crippen LogP contribution in [0.4, 0.5) is 0 Å². The molecule has 0 aromatic carbocycles. The number of thiophene rings is 1. The lowest BCUT2D eigenvalue weighted by atomic mass is 10.0. The van der Waals surface area contributed by atoms with Gasteiger partial charge in [0, 0.05) is 17.8 Å². The van der Waals surface area contributed by atoms with E-state index in [1.165, 1.54) is 11.3 Å². The van der Waals surface area contributed by atoms with Crippen molar-refractivity contribution in [2.75, 3.05) is 19.6 Å². The summed E-state index contributed by atoms with van der Waals surface area (Å²) in [5, 5.41) is 8.39. The second-order valence-electron chi connectivity index (χ2n) is 4.58. The Morgan fingerprint density at radius 3 is 3.24 bits per heavy atom. The zero-order valence-corrected chi connectivity index (χ0v) is 10.9. The quantitative estimate of drug-likeness (QED) is 0.810. The fraction of sp³-hybridized carbons (Fsp3) is 0.615. The minimum atomic E-state index is 0.202. The van der Waals surface area contributed by atoms with Crippen LogP contribution >= 0.6 is 11.3 Å². The molecule has 3 nitrogen and oxygen atoms in total. The highest BCUT2D eigenvalue weighted by atomic mass is 32.1. The summed E-state index contributed by atoms with van der Waals surface area (Å²) < 4.78 is 0. The Morgan fingerprint density at radius 2 is 2.53 bits per heavy atom. The molecule has 0 radical (unpaired) electrons. The molecule has 0 aliphatic carbocycles. The zero-order valence-electron chi connectivity index (χ0n) is 10.1. The zero-order chi connectivity index (χ0) is 11.9. The van der Waals surface area contributed by atoms with Crippen molar-refractivity contribution in [3.05, 3.63) is 22.4 Å². The number of hydrogen-bond donors (Lipinski definition) is 2. The summed E-state index contributed by atoms with van der Waals surface area (Å²) in [4.78, 5) is 12.9. The number of carbonyl (C=O) groups is 1. The van der Waals surface area contributed by atoms with E-state index in [-0.39, 0.29) is 5.91 Å². The Hall–Kier alpha value is -0.870. The molecule has 1 aliphatic rings. The summed E-state index contributed by atoms with van der Waals surface area (Å²) in [6, 6.07) is 4.16. The van der Waals surface area contributed by atoms with E-state index in [0.29, 0.717) is 12.3 Å². The van der Waals surface area contributed by atoms with Crippen LogP contribution in [0.2, 0.25) is 0 Å². The highest BCUT2D eigenvalue weighted by Crippen LogP contribution is 2.14. The van der Waals surface area contributed by atoms with Gasteiger partial charge in [-0.1, -0.05) is 6.07 Å². The van der Waals surface area contributed by atoms with Crippen molar-refractivity contribution >= 4 is 17.2 Å². The Bertz CT molecular complexity index is 331. The summed E-state index contributed by atoms with van der Waals surface area (Å²) in [7, 11) is 0. The molecule has 1 saturated heterocycles. The smallest absolute Gasteiger partial charge is 0.220 e. The predicted molar refractivity (Wildman–Crippen MR) is 71.2 cm³/mol. The average molecular weight is 252 g/mol. The number of amides is 1. The number of carbonyl (C=O) groups excluding carboxylic acids is 1. The van der Waals surface area contributed by atoms with E-state index >= 15 is 0 Å². The van der Waals surface area contributed by atoms with Crippen molar-refractivity contribution in [3.8, 4) is 0 Å². The second kappa shape index (κ2) is 6.77. The first-order chi connectivity index (χ1) is 8.34. The van der Waals surface area contributed by atoms with Gasteiger partial charge in [0.2, 0.25) is 5.91 Å². The van der Waals surface area contributed by atoms with Crippen molar-refractivity contribution in [1.82, 2.24) is 10.6 Å². The van der Waals surface area contributed by atoms with E-state index in [1.54, 1.807) is 11.3 Å². The molecule has 1 amide bonds. The van der Waals surface area contributed by atoms with Crippen LogP contribution in [0.15, 0.2) is 17.5 Å². The molecule has 1 aliphatic heterocycles. The van der Waals surface area contributed by atoms with Gasteiger partial charge in [0.25, 0.3) is 0 Å². The Labute approximate surface area is 107 Å². The van der Waals surface area contributed by atoms with Crippen molar-refractivity contribution in [1.29, 1.82) is 0 Å². The van der Waals surface area contributed by atoms with E-state index in [9.17, 15) is 4.79 Å². The molecule has 0 saturated carbocycles. The second-order valence-corrected chi connectivity index (χ2v) is 5.61. The number of nitrogens with one attached hydrogen (secondary N) is 2. The van der Waals surface area contributed by atoms with Crippen LogP contribution in [0.1, 0.15) is 24.1 Å². The summed E-state index contributed by atoms with van der Waals surface area (Å²) in [5.41, 5.74) is 0. The average Bonchev–Trinajstić information content (AvgIpc) is 2.99. The molecule has 2 N–H and O–H groups in total. The van der Waals surface area contributed by atoms with Crippen molar-refractivity contribution in [3.63, 3.8) is 0 Å². The maximum absolute atomic E-state index is 11.6. The van der Waals surface area contributed by atoms with Crippen LogP contribution in [-0.2, 0) is 11.2 Å². The van der Waals surface area contributed by atoms with Crippen LogP contribution in [0, 0.1) is 5.92 Å². The third-order valence-corrected chi connectivity index (χ3v) is 4.15. The monoisotopic (exact) mass is 252 g/mol. The summed E-state index contributed by atoms with van der Waals surface area (Å²) in [5.74, 6) is 0.909. The topological polar surface area (TPSA) is 41.1 Å². The maximum Gasteiger partial charge on any atom is 0.220 e. The van der Waals surface area contributed by atoms with Crippen LogP contribution < -0.4 is 10.6 Å². The van der Waals surface area contributed by atoms with Gasteiger partial charge in [-0.15, -0.1) is 11.3 Å². The van der Waals surface area contributed by atoms with Crippen molar-refractivity contribution in [2.45, 2.75) is 25.7 Å². The van der Waals surface area contributed by atoms with E-state index < -0.39 is 0 Å². The molecule has 2 rings (SSSR count). The molecule has 1 atom stereocenters. The first-order valence-corrected chi connectivity index (χ1v) is 7.22. The largest absolute Gasteiger partial charge is 0.356 e. The van der Waals surface area contributed by atoms with Gasteiger partial charge in [0.1, 0.15) is 0 Å². The lowest BCUT2D eigenvalue weighted by Gasteiger charge is -2.08. The molecular formula is C13H20N2OS. The van der Waals surface area contributed by atoms with Crippen LogP contribution in [-0.4, -0.2) is 25.5 Å². The number of hydrogen-bond acceptors (Lipinski definition) is 3. The molecule has 1 aromatic heterocycles. The van der Waals surface area contributed by atoms with E-state index in [2.05, 4.69) is 28.1 Å². The minimum Gasteiger partial charge on any atom is -0.356 e. The van der Waals surface area contributed by atoms with E-state index in [0.717, 1.165) is 32.5 Å². The van der Waals surface area contributed by atoms with Gasteiger partial charge in [-0.05, 0) is 49.7 Å². The Balaban J connectivity index is 1.54. The fourth-order valence-corrected chi connectivity index (χ4v) is 2.87. The lowest BCUT2D eigenvalue weighted by molar-refractivity contribution is -0.121. The molecule has 1 fully saturated rings.